The summed E-state index contributed by atoms with van der Waals surface area (Å²) in [5, 5.41) is 2.88. The summed E-state index contributed by atoms with van der Waals surface area (Å²) in [6.07, 6.45) is 0. The molecule has 21 heavy (non-hydrogen) atoms. The Morgan fingerprint density at radius 2 is 1.67 bits per heavy atom. The molecule has 1 amide bonds. The van der Waals surface area contributed by atoms with Crippen LogP contribution in [0.2, 0.25) is 0 Å². The van der Waals surface area contributed by atoms with Crippen molar-refractivity contribution in [3.63, 3.8) is 0 Å². The predicted molar refractivity (Wildman–Crippen MR) is 81.6 cm³/mol. The number of aryl methyl sites for hydroxylation is 2. The Labute approximate surface area is 123 Å². The van der Waals surface area contributed by atoms with Crippen molar-refractivity contribution in [2.24, 2.45) is 0 Å². The Morgan fingerprint density at radius 3 is 2.29 bits per heavy atom. The molecule has 0 aliphatic heterocycles. The van der Waals surface area contributed by atoms with Crippen LogP contribution < -0.4 is 10.1 Å². The zero-order valence-electron chi connectivity index (χ0n) is 12.3. The Kier molecular flexibility index (Phi) is 4.38. The molecule has 108 valence electrons. The van der Waals surface area contributed by atoms with Gasteiger partial charge in [-0.15, -0.1) is 0 Å². The van der Waals surface area contributed by atoms with Crippen LogP contribution in [0, 0.1) is 13.8 Å². The highest BCUT2D eigenvalue weighted by molar-refractivity contribution is 6.04. The van der Waals surface area contributed by atoms with Gasteiger partial charge in [0.25, 0.3) is 5.91 Å². The number of ether oxygens (including phenoxy) is 1. The summed E-state index contributed by atoms with van der Waals surface area (Å²) in [4.78, 5) is 23.0. The molecule has 0 bridgehead atoms. The molecule has 2 aromatic carbocycles. The van der Waals surface area contributed by atoms with Crippen LogP contribution in [0.15, 0.2) is 42.5 Å². The molecule has 2 rings (SSSR count). The second kappa shape index (κ2) is 6.22. The molecule has 0 aromatic heterocycles. The first-order chi connectivity index (χ1) is 9.95. The highest BCUT2D eigenvalue weighted by Gasteiger charge is 2.08. The molecule has 0 aliphatic rings. The number of carbonyl (C=O) groups is 2. The van der Waals surface area contributed by atoms with Gasteiger partial charge >= 0.3 is 5.97 Å². The van der Waals surface area contributed by atoms with Gasteiger partial charge in [0, 0.05) is 18.2 Å². The van der Waals surface area contributed by atoms with Gasteiger partial charge in [-0.05, 0) is 55.3 Å². The van der Waals surface area contributed by atoms with Crippen LogP contribution in [-0.2, 0) is 4.79 Å². The summed E-state index contributed by atoms with van der Waals surface area (Å²) in [7, 11) is 0. The van der Waals surface area contributed by atoms with Gasteiger partial charge in [-0.3, -0.25) is 9.59 Å². The van der Waals surface area contributed by atoms with Gasteiger partial charge in [0.05, 0.1) is 0 Å². The third-order valence-electron chi connectivity index (χ3n) is 3.02. The largest absolute Gasteiger partial charge is 0.427 e. The average molecular weight is 283 g/mol. The molecule has 1 N–H and O–H groups in total. The summed E-state index contributed by atoms with van der Waals surface area (Å²) in [5.41, 5.74) is 3.39. The third-order valence-corrected chi connectivity index (χ3v) is 3.02. The molecular formula is C17H17NO3. The molecule has 0 heterocycles. The minimum Gasteiger partial charge on any atom is -0.427 e. The van der Waals surface area contributed by atoms with E-state index in [0.717, 1.165) is 16.8 Å². The smallest absolute Gasteiger partial charge is 0.308 e. The van der Waals surface area contributed by atoms with Crippen LogP contribution in [0.25, 0.3) is 0 Å². The van der Waals surface area contributed by atoms with Gasteiger partial charge in [-0.1, -0.05) is 12.1 Å². The van der Waals surface area contributed by atoms with Crippen LogP contribution >= 0.6 is 0 Å². The van der Waals surface area contributed by atoms with Gasteiger partial charge < -0.3 is 10.1 Å². The number of hydrogen-bond acceptors (Lipinski definition) is 3. The fraction of sp³-hybridized carbons (Fsp3) is 0.176. The van der Waals surface area contributed by atoms with Crippen molar-refractivity contribution >= 4 is 17.6 Å². The fourth-order valence-corrected chi connectivity index (χ4v) is 1.91. The Balaban J connectivity index is 2.13. The highest BCUT2D eigenvalue weighted by atomic mass is 16.5. The topological polar surface area (TPSA) is 55.4 Å². The van der Waals surface area contributed by atoms with Crippen LogP contribution in [0.5, 0.6) is 5.75 Å². The lowest BCUT2D eigenvalue weighted by Gasteiger charge is -2.09. The Bertz CT molecular complexity index is 675. The number of carbonyl (C=O) groups excluding carboxylic acids is 2. The molecule has 4 nitrogen and oxygen atoms in total. The van der Waals surface area contributed by atoms with E-state index in [9.17, 15) is 9.59 Å². The van der Waals surface area contributed by atoms with Crippen LogP contribution in [0.1, 0.15) is 28.4 Å². The van der Waals surface area contributed by atoms with Gasteiger partial charge in [0.15, 0.2) is 0 Å². The van der Waals surface area contributed by atoms with Gasteiger partial charge in [0.2, 0.25) is 0 Å². The van der Waals surface area contributed by atoms with Crippen molar-refractivity contribution in [3.05, 3.63) is 59.2 Å². The van der Waals surface area contributed by atoms with Crippen LogP contribution in [0.4, 0.5) is 5.69 Å². The van der Waals surface area contributed by atoms with E-state index in [-0.39, 0.29) is 11.9 Å². The van der Waals surface area contributed by atoms with E-state index >= 15 is 0 Å². The second-order valence-corrected chi connectivity index (χ2v) is 4.89. The maximum Gasteiger partial charge on any atom is 0.308 e. The minimum atomic E-state index is -0.386. The van der Waals surface area contributed by atoms with Crippen LogP contribution in [0.3, 0.4) is 0 Å². The average Bonchev–Trinajstić information content (AvgIpc) is 2.43. The van der Waals surface area contributed by atoms with Crippen molar-refractivity contribution in [2.45, 2.75) is 20.8 Å². The standard InChI is InChI=1S/C17H17NO3/c1-11-4-5-12(2)16(10-11)18-17(20)14-6-8-15(9-7-14)21-13(3)19/h4-10H,1-3H3,(H,18,20). The van der Waals surface area contributed by atoms with Crippen molar-refractivity contribution in [2.75, 3.05) is 5.32 Å². The lowest BCUT2D eigenvalue weighted by Crippen LogP contribution is -2.13. The summed E-state index contributed by atoms with van der Waals surface area (Å²) in [6.45, 7) is 5.25. The predicted octanol–water partition coefficient (Wildman–Crippen LogP) is 3.48. The zero-order chi connectivity index (χ0) is 15.4. The molecule has 0 saturated carbocycles. The van der Waals surface area contributed by atoms with Gasteiger partial charge in [0.1, 0.15) is 5.75 Å². The zero-order valence-corrected chi connectivity index (χ0v) is 12.3. The highest BCUT2D eigenvalue weighted by Crippen LogP contribution is 2.18. The summed E-state index contributed by atoms with van der Waals surface area (Å²) >= 11 is 0. The van der Waals surface area contributed by atoms with Crippen molar-refractivity contribution in [1.82, 2.24) is 0 Å². The van der Waals surface area contributed by atoms with E-state index in [2.05, 4.69) is 5.32 Å². The number of esters is 1. The molecule has 0 fully saturated rings. The quantitative estimate of drug-likeness (QED) is 0.693. The van der Waals surface area contributed by atoms with E-state index in [1.165, 1.54) is 6.92 Å². The summed E-state index contributed by atoms with van der Waals surface area (Å²) in [6, 6.07) is 12.3. The van der Waals surface area contributed by atoms with E-state index in [4.69, 9.17) is 4.74 Å². The van der Waals surface area contributed by atoms with E-state index in [0.29, 0.717) is 11.3 Å². The van der Waals surface area contributed by atoms with E-state index in [1.807, 2.05) is 32.0 Å². The number of nitrogens with one attached hydrogen (secondary N) is 1. The van der Waals surface area contributed by atoms with Crippen LogP contribution in [-0.4, -0.2) is 11.9 Å². The Hall–Kier alpha value is -2.62. The number of anilines is 1. The van der Waals surface area contributed by atoms with Gasteiger partial charge in [-0.25, -0.2) is 0 Å². The van der Waals surface area contributed by atoms with Crippen molar-refractivity contribution in [1.29, 1.82) is 0 Å². The molecular weight excluding hydrogens is 266 g/mol. The lowest BCUT2D eigenvalue weighted by molar-refractivity contribution is -0.131. The first-order valence-electron chi connectivity index (χ1n) is 6.63. The Morgan fingerprint density at radius 1 is 1.00 bits per heavy atom. The number of benzene rings is 2. The lowest BCUT2D eigenvalue weighted by atomic mass is 10.1. The third kappa shape index (κ3) is 3.92. The fourth-order valence-electron chi connectivity index (χ4n) is 1.91. The first-order valence-corrected chi connectivity index (χ1v) is 6.63. The number of rotatable bonds is 3. The molecule has 0 atom stereocenters. The monoisotopic (exact) mass is 283 g/mol. The number of amides is 1. The molecule has 0 radical (unpaired) electrons. The number of hydrogen-bond donors (Lipinski definition) is 1. The second-order valence-electron chi connectivity index (χ2n) is 4.89. The summed E-state index contributed by atoms with van der Waals surface area (Å²) in [5.74, 6) is -0.161. The van der Waals surface area contributed by atoms with Gasteiger partial charge in [-0.2, -0.15) is 0 Å². The molecule has 0 spiro atoms. The van der Waals surface area contributed by atoms with Crippen molar-refractivity contribution < 1.29 is 14.3 Å². The molecule has 4 heteroatoms. The van der Waals surface area contributed by atoms with E-state index in [1.54, 1.807) is 24.3 Å². The molecule has 0 unspecified atom stereocenters. The minimum absolute atomic E-state index is 0.196. The van der Waals surface area contributed by atoms with E-state index < -0.39 is 0 Å². The maximum absolute atomic E-state index is 12.2. The maximum atomic E-state index is 12.2. The first kappa shape index (κ1) is 14.8. The summed E-state index contributed by atoms with van der Waals surface area (Å²) < 4.78 is 4.93. The molecule has 2 aromatic rings. The molecule has 0 saturated heterocycles. The molecule has 0 aliphatic carbocycles. The SMILES string of the molecule is CC(=O)Oc1ccc(C(=O)Nc2cc(C)ccc2C)cc1. The normalized spacial score (nSPS) is 10.0. The van der Waals surface area contributed by atoms with Crippen molar-refractivity contribution in [3.8, 4) is 5.75 Å².